The molecular formula is C52H82N2O17S. The van der Waals surface area contributed by atoms with E-state index in [0.29, 0.717) is 56.5 Å². The highest BCUT2D eigenvalue weighted by molar-refractivity contribution is 7.90. The van der Waals surface area contributed by atoms with Gasteiger partial charge in [-0.2, -0.15) is 0 Å². The summed E-state index contributed by atoms with van der Waals surface area (Å²) in [6, 6.07) is -2.47. The second-order valence-corrected chi connectivity index (χ2v) is 21.8. The topological polar surface area (TPSA) is 268 Å². The van der Waals surface area contributed by atoms with Gasteiger partial charge in [-0.05, 0) is 96.0 Å². The summed E-state index contributed by atoms with van der Waals surface area (Å²) in [5.74, 6) is -12.2. The van der Waals surface area contributed by atoms with Crippen molar-refractivity contribution in [3.8, 4) is 0 Å². The normalized spacial score (nSPS) is 35.8. The number of ketones is 3. The predicted octanol–water partition coefficient (Wildman–Crippen LogP) is 4.43. The van der Waals surface area contributed by atoms with E-state index in [1.54, 1.807) is 72.3 Å². The summed E-state index contributed by atoms with van der Waals surface area (Å²) in [6.45, 7) is 12.2. The molecule has 2 heterocycles. The van der Waals surface area contributed by atoms with Crippen LogP contribution in [0.4, 0.5) is 0 Å². The number of carbonyl (C=O) groups is 6. The number of sulfonamides is 1. The summed E-state index contributed by atoms with van der Waals surface area (Å²) in [5, 5.41) is 32.6. The summed E-state index contributed by atoms with van der Waals surface area (Å²) in [4.78, 5) is 82.2. The molecule has 1 aliphatic carbocycles. The Kier molecular flexibility index (Phi) is 25.3. The Hall–Kier alpha value is -3.99. The van der Waals surface area contributed by atoms with Crippen molar-refractivity contribution in [2.45, 2.75) is 167 Å². The fourth-order valence-corrected chi connectivity index (χ4v) is 10.6. The maximum Gasteiger partial charge on any atom is 0.328 e. The molecule has 3 rings (SSSR count). The Bertz CT molecular complexity index is 2090. The number of carbonyl (C=O) groups excluding carboxylic acids is 5. The van der Waals surface area contributed by atoms with Gasteiger partial charge >= 0.3 is 11.9 Å². The monoisotopic (exact) mass is 1040 g/mol. The molecule has 72 heavy (non-hydrogen) atoms. The van der Waals surface area contributed by atoms with Gasteiger partial charge < -0.3 is 48.6 Å². The molecule has 0 radical (unpaired) electrons. The van der Waals surface area contributed by atoms with Crippen molar-refractivity contribution in [3.63, 3.8) is 0 Å². The molecule has 0 spiro atoms. The molecular weight excluding hydrogens is 957 g/mol. The lowest BCUT2D eigenvalue weighted by molar-refractivity contribution is -0.263. The van der Waals surface area contributed by atoms with E-state index >= 15 is 0 Å². The molecule has 14 atom stereocenters. The first kappa shape index (κ1) is 62.3. The number of aliphatic hydroxyl groups excluding tert-OH is 1. The lowest BCUT2D eigenvalue weighted by atomic mass is 9.78. The van der Waals surface area contributed by atoms with E-state index < -0.39 is 105 Å². The zero-order valence-electron chi connectivity index (χ0n) is 44.1. The van der Waals surface area contributed by atoms with Crippen LogP contribution in [-0.2, 0) is 67.2 Å². The van der Waals surface area contributed by atoms with Crippen molar-refractivity contribution in [2.75, 3.05) is 47.3 Å². The molecule has 20 heteroatoms. The summed E-state index contributed by atoms with van der Waals surface area (Å²) >= 11 is 0. The van der Waals surface area contributed by atoms with Crippen LogP contribution in [0.5, 0.6) is 0 Å². The van der Waals surface area contributed by atoms with Crippen LogP contribution in [-0.4, -0.2) is 166 Å². The van der Waals surface area contributed by atoms with Crippen molar-refractivity contribution < 1.29 is 80.9 Å². The van der Waals surface area contributed by atoms with Crippen molar-refractivity contribution in [1.82, 2.24) is 9.62 Å². The molecule has 2 bridgehead atoms. The molecule has 3 aliphatic rings. The Morgan fingerprint density at radius 2 is 1.61 bits per heavy atom. The van der Waals surface area contributed by atoms with Crippen LogP contribution >= 0.6 is 0 Å². The van der Waals surface area contributed by atoms with Gasteiger partial charge in [0.1, 0.15) is 30.1 Å². The van der Waals surface area contributed by atoms with Gasteiger partial charge in [0.15, 0.2) is 11.5 Å². The summed E-state index contributed by atoms with van der Waals surface area (Å²) in [5.41, 5.74) is 0.765. The Morgan fingerprint density at radius 3 is 2.25 bits per heavy atom. The first-order chi connectivity index (χ1) is 33.8. The molecule has 0 aromatic rings. The minimum absolute atomic E-state index is 0.102. The third-order valence-electron chi connectivity index (χ3n) is 14.4. The number of Topliss-reactive ketones (excluding diaryl/α,β-unsaturated/α-hetero) is 3. The molecule has 1 saturated heterocycles. The minimum atomic E-state index is -4.39. The lowest BCUT2D eigenvalue weighted by Gasteiger charge is -2.42. The number of allylic oxidation sites excluding steroid dienone is 6. The number of methoxy groups -OCH3 is 3. The van der Waals surface area contributed by atoms with E-state index in [1.165, 1.54) is 28.0 Å². The van der Waals surface area contributed by atoms with Crippen LogP contribution in [0.2, 0.25) is 0 Å². The van der Waals surface area contributed by atoms with Crippen LogP contribution in [0.3, 0.4) is 0 Å². The highest BCUT2D eigenvalue weighted by Crippen LogP contribution is 2.37. The number of carboxylic acid groups (broad SMARTS) is 1. The number of amides is 1. The molecule has 408 valence electrons. The second kappa shape index (κ2) is 29.2. The number of fused-ring (bicyclic) bond motifs is 2. The standard InChI is InChI=1S/C52H82N2O17S/c1-31-17-15-13-12-14-16-18-32(2)46(58)48(68-11)47(59)35(5)25-33(3)41(55)29-43(34(4)26-38-20-22-42(44(27-38)67-10)69-24-23-66-9)70-51(62)37(7)54(8)50(61)49(60)52(63)36(6)19-21-39(71-52)28-40(31)53-72(64,65)30-45(56)57/h12-15,17,25,32-34,36-40,42-44,47-48,53,59,63H,16,18-24,26-30H2,1-11H3,(H,56,57)/b14-12+,15-13+,31-17+,35-25+/t32?,33?,34-,36+,37?,38+,39-,40?,42-,43?,44-,47?,48?,52+/m1/s1. The fraction of sp³-hybridized carbons (Fsp3) is 0.731. The van der Waals surface area contributed by atoms with Crippen molar-refractivity contribution >= 4 is 45.2 Å². The number of aliphatic hydroxyl groups is 2. The van der Waals surface area contributed by atoms with Crippen molar-refractivity contribution in [1.29, 1.82) is 0 Å². The molecule has 19 nitrogen and oxygen atoms in total. The quantitative estimate of drug-likeness (QED) is 0.0860. The molecule has 0 aromatic heterocycles. The number of hydrogen-bond donors (Lipinski definition) is 4. The molecule has 2 fully saturated rings. The van der Waals surface area contributed by atoms with Crippen LogP contribution in [0.25, 0.3) is 0 Å². The van der Waals surface area contributed by atoms with Gasteiger partial charge in [0, 0.05) is 58.6 Å². The van der Waals surface area contributed by atoms with Gasteiger partial charge in [-0.25, -0.2) is 17.9 Å². The van der Waals surface area contributed by atoms with Crippen LogP contribution < -0.4 is 4.72 Å². The van der Waals surface area contributed by atoms with Gasteiger partial charge in [0.25, 0.3) is 11.7 Å². The minimum Gasteiger partial charge on any atom is -0.480 e. The summed E-state index contributed by atoms with van der Waals surface area (Å²) < 4.78 is 62.9. The van der Waals surface area contributed by atoms with Gasteiger partial charge in [0.2, 0.25) is 15.8 Å². The number of nitrogens with zero attached hydrogens (tertiary/aromatic N) is 1. The molecule has 0 aromatic carbocycles. The van der Waals surface area contributed by atoms with E-state index in [2.05, 4.69) is 4.72 Å². The van der Waals surface area contributed by atoms with Crippen LogP contribution in [0.15, 0.2) is 47.6 Å². The van der Waals surface area contributed by atoms with E-state index in [0.717, 1.165) is 11.3 Å². The Morgan fingerprint density at radius 1 is 0.917 bits per heavy atom. The first-order valence-corrected chi connectivity index (χ1v) is 26.7. The molecule has 7 unspecified atom stereocenters. The van der Waals surface area contributed by atoms with Crippen molar-refractivity contribution in [3.05, 3.63) is 47.6 Å². The number of aliphatic carboxylic acids is 1. The van der Waals surface area contributed by atoms with E-state index in [1.807, 2.05) is 13.0 Å². The maximum absolute atomic E-state index is 14.1. The molecule has 1 saturated carbocycles. The number of likely N-dealkylation sites (N-methyl/N-ethyl adjacent to an activating group) is 1. The molecule has 2 aliphatic heterocycles. The van der Waals surface area contributed by atoms with E-state index in [9.17, 15) is 52.5 Å². The summed E-state index contributed by atoms with van der Waals surface area (Å²) in [7, 11) is 1.36. The van der Waals surface area contributed by atoms with Gasteiger partial charge in [-0.1, -0.05) is 69.7 Å². The number of ether oxygens (including phenoxy) is 6. The lowest BCUT2D eigenvalue weighted by Crippen LogP contribution is -2.59. The number of nitrogens with one attached hydrogen (secondary N) is 1. The number of rotatable bonds is 13. The van der Waals surface area contributed by atoms with E-state index in [4.69, 9.17) is 28.4 Å². The van der Waals surface area contributed by atoms with Crippen molar-refractivity contribution in [2.24, 2.45) is 29.6 Å². The SMILES string of the molecule is COCCO[C@@H]1CC[C@@H](C[C@@H](C)C2CC(=O)C(C)/C=C(\C)C(O)C(OC)C(=O)C(C)CC/C=C/C=C/C=C(\C)C(NS(=O)(=O)CC(=O)O)C[C@H]3CC[C@H](C)[C@](O)(O3)C(=O)C(=O)N(C)C(C)C(=O)O2)C[C@H]1OC. The molecule has 4 N–H and O–H groups in total. The highest BCUT2D eigenvalue weighted by atomic mass is 32.2. The molecule has 1 amide bonds. The van der Waals surface area contributed by atoms with Gasteiger partial charge in [0.05, 0.1) is 31.5 Å². The third-order valence-corrected chi connectivity index (χ3v) is 15.7. The van der Waals surface area contributed by atoms with Gasteiger partial charge in [-0.15, -0.1) is 0 Å². The van der Waals surface area contributed by atoms with Gasteiger partial charge in [-0.3, -0.25) is 24.0 Å². The van der Waals surface area contributed by atoms with Crippen LogP contribution in [0.1, 0.15) is 113 Å². The number of esters is 1. The average molecular weight is 1040 g/mol. The number of cyclic esters (lactones) is 1. The van der Waals surface area contributed by atoms with Crippen LogP contribution in [0, 0.1) is 29.6 Å². The highest BCUT2D eigenvalue weighted by Gasteiger charge is 2.52. The zero-order chi connectivity index (χ0) is 54.1. The number of hydrogen-bond acceptors (Lipinski definition) is 16. The summed E-state index contributed by atoms with van der Waals surface area (Å²) in [6.07, 6.45) is 8.62. The smallest absolute Gasteiger partial charge is 0.328 e. The maximum atomic E-state index is 14.1. The average Bonchev–Trinajstić information content (AvgIpc) is 3.32. The predicted molar refractivity (Wildman–Crippen MR) is 267 cm³/mol. The third kappa shape index (κ3) is 18.1. The first-order valence-electron chi connectivity index (χ1n) is 25.0. The largest absolute Gasteiger partial charge is 0.480 e. The Labute approximate surface area is 426 Å². The zero-order valence-corrected chi connectivity index (χ0v) is 44.9. The second-order valence-electron chi connectivity index (χ2n) is 20.0. The fourth-order valence-electron chi connectivity index (χ4n) is 9.51. The van der Waals surface area contributed by atoms with E-state index in [-0.39, 0.29) is 55.4 Å². The number of carboxylic acids is 1. The Balaban J connectivity index is 2.04.